The molecule has 102 valence electrons. The number of benzene rings is 1. The second-order valence-electron chi connectivity index (χ2n) is 6.79. The summed E-state index contributed by atoms with van der Waals surface area (Å²) in [6.07, 6.45) is 7.09. The Morgan fingerprint density at radius 3 is 2.84 bits per heavy atom. The first-order chi connectivity index (χ1) is 9.02. The van der Waals surface area contributed by atoms with Gasteiger partial charge in [-0.1, -0.05) is 43.7 Å². The van der Waals surface area contributed by atoms with Gasteiger partial charge < -0.3 is 5.73 Å². The summed E-state index contributed by atoms with van der Waals surface area (Å²) in [5.74, 6) is 0. The van der Waals surface area contributed by atoms with Gasteiger partial charge in [0.1, 0.15) is 0 Å². The van der Waals surface area contributed by atoms with Gasteiger partial charge in [-0.15, -0.1) is 11.8 Å². The fraction of sp³-hybridized carbons (Fsp3) is 0.529. The van der Waals surface area contributed by atoms with Crippen molar-refractivity contribution < 1.29 is 0 Å². The average Bonchev–Trinajstić information content (AvgIpc) is 2.67. The lowest BCUT2D eigenvalue weighted by Gasteiger charge is -2.34. The van der Waals surface area contributed by atoms with E-state index in [-0.39, 0.29) is 6.04 Å². The third-order valence-corrected chi connectivity index (χ3v) is 5.47. The highest BCUT2D eigenvalue weighted by Crippen LogP contribution is 2.43. The molecule has 1 aliphatic carbocycles. The van der Waals surface area contributed by atoms with E-state index in [0.717, 1.165) is 6.42 Å². The molecule has 3 rings (SSSR count). The highest BCUT2D eigenvalue weighted by Gasteiger charge is 2.29. The molecule has 2 atom stereocenters. The van der Waals surface area contributed by atoms with Crippen LogP contribution in [0.2, 0.25) is 0 Å². The van der Waals surface area contributed by atoms with E-state index in [4.69, 9.17) is 5.73 Å². The number of hydrogen-bond acceptors (Lipinski definition) is 2. The number of hydrogen-bond donors (Lipinski definition) is 1. The summed E-state index contributed by atoms with van der Waals surface area (Å²) >= 11 is 2.05. The third-order valence-electron chi connectivity index (χ3n) is 4.15. The number of nitrogens with two attached hydrogens (primary N) is 1. The van der Waals surface area contributed by atoms with Gasteiger partial charge in [-0.05, 0) is 42.7 Å². The summed E-state index contributed by atoms with van der Waals surface area (Å²) in [6.45, 7) is 4.69. The van der Waals surface area contributed by atoms with Crippen LogP contribution >= 0.6 is 11.8 Å². The standard InChI is InChI=1S/C17H23NS/c1-17(2)10-12(7-14(18)11-17)8-15-9-13-5-3-4-6-16(13)19-15/h3-7,14-15H,8-11,18H2,1-2H3. The summed E-state index contributed by atoms with van der Waals surface area (Å²) in [4.78, 5) is 1.48. The Labute approximate surface area is 120 Å². The van der Waals surface area contributed by atoms with Gasteiger partial charge in [0.05, 0.1) is 0 Å². The summed E-state index contributed by atoms with van der Waals surface area (Å²) in [5.41, 5.74) is 9.65. The summed E-state index contributed by atoms with van der Waals surface area (Å²) in [7, 11) is 0. The Bertz CT molecular complexity index is 479. The van der Waals surface area contributed by atoms with Gasteiger partial charge >= 0.3 is 0 Å². The van der Waals surface area contributed by atoms with Crippen molar-refractivity contribution in [1.82, 2.24) is 0 Å². The zero-order valence-electron chi connectivity index (χ0n) is 11.9. The molecule has 19 heavy (non-hydrogen) atoms. The third kappa shape index (κ3) is 3.06. The first-order valence-corrected chi connectivity index (χ1v) is 8.09. The second-order valence-corrected chi connectivity index (χ2v) is 8.13. The predicted octanol–water partition coefficient (Wildman–Crippen LogP) is 4.17. The van der Waals surface area contributed by atoms with Gasteiger partial charge in [-0.2, -0.15) is 0 Å². The molecule has 1 nitrogen and oxygen atoms in total. The van der Waals surface area contributed by atoms with Crippen molar-refractivity contribution in [2.45, 2.75) is 55.7 Å². The fourth-order valence-electron chi connectivity index (χ4n) is 3.55. The number of allylic oxidation sites excluding steroid dienone is 1. The smallest absolute Gasteiger partial charge is 0.0231 e. The lowest BCUT2D eigenvalue weighted by Crippen LogP contribution is -2.31. The van der Waals surface area contributed by atoms with Crippen molar-refractivity contribution in [3.05, 3.63) is 41.5 Å². The lowest BCUT2D eigenvalue weighted by atomic mass is 9.74. The van der Waals surface area contributed by atoms with Crippen molar-refractivity contribution >= 4 is 11.8 Å². The summed E-state index contributed by atoms with van der Waals surface area (Å²) in [6, 6.07) is 9.08. The Hall–Kier alpha value is -0.730. The SMILES string of the molecule is CC1(C)CC(CC2Cc3ccccc3S2)=CC(N)C1. The lowest BCUT2D eigenvalue weighted by molar-refractivity contribution is 0.297. The molecule has 0 saturated heterocycles. The molecule has 0 aromatic heterocycles. The van der Waals surface area contributed by atoms with Crippen LogP contribution in [0.25, 0.3) is 0 Å². The van der Waals surface area contributed by atoms with Crippen molar-refractivity contribution in [2.75, 3.05) is 0 Å². The minimum absolute atomic E-state index is 0.257. The Balaban J connectivity index is 1.68. The van der Waals surface area contributed by atoms with Gasteiger partial charge in [0, 0.05) is 16.2 Å². The van der Waals surface area contributed by atoms with Gasteiger partial charge in [-0.3, -0.25) is 0 Å². The van der Waals surface area contributed by atoms with E-state index < -0.39 is 0 Å². The molecule has 0 saturated carbocycles. The van der Waals surface area contributed by atoms with Crippen molar-refractivity contribution in [3.63, 3.8) is 0 Å². The van der Waals surface area contributed by atoms with Crippen molar-refractivity contribution in [3.8, 4) is 0 Å². The number of fused-ring (bicyclic) bond motifs is 1. The largest absolute Gasteiger partial charge is 0.324 e. The Morgan fingerprint density at radius 2 is 2.11 bits per heavy atom. The maximum Gasteiger partial charge on any atom is 0.0231 e. The first kappa shape index (κ1) is 13.3. The normalized spacial score (nSPS) is 28.9. The van der Waals surface area contributed by atoms with Crippen LogP contribution in [-0.2, 0) is 6.42 Å². The van der Waals surface area contributed by atoms with Crippen LogP contribution in [0.1, 0.15) is 38.7 Å². The van der Waals surface area contributed by atoms with Gasteiger partial charge in [0.15, 0.2) is 0 Å². The van der Waals surface area contributed by atoms with E-state index >= 15 is 0 Å². The second kappa shape index (κ2) is 4.99. The van der Waals surface area contributed by atoms with E-state index in [1.807, 2.05) is 11.8 Å². The molecule has 0 fully saturated rings. The molecule has 2 N–H and O–H groups in total. The zero-order chi connectivity index (χ0) is 13.5. The molecule has 1 aromatic carbocycles. The molecular weight excluding hydrogens is 250 g/mol. The van der Waals surface area contributed by atoms with Crippen molar-refractivity contribution in [1.29, 1.82) is 0 Å². The number of thioether (sulfide) groups is 1. The molecule has 2 aliphatic rings. The van der Waals surface area contributed by atoms with Crippen LogP contribution in [0.5, 0.6) is 0 Å². The quantitative estimate of drug-likeness (QED) is 0.819. The Morgan fingerprint density at radius 1 is 1.32 bits per heavy atom. The monoisotopic (exact) mass is 273 g/mol. The first-order valence-electron chi connectivity index (χ1n) is 7.22. The van der Waals surface area contributed by atoms with Crippen molar-refractivity contribution in [2.24, 2.45) is 11.1 Å². The van der Waals surface area contributed by atoms with Crippen LogP contribution in [-0.4, -0.2) is 11.3 Å². The summed E-state index contributed by atoms with van der Waals surface area (Å²) in [5, 5.41) is 0.713. The highest BCUT2D eigenvalue weighted by atomic mass is 32.2. The molecule has 0 radical (unpaired) electrons. The summed E-state index contributed by atoms with van der Waals surface area (Å²) < 4.78 is 0. The van der Waals surface area contributed by atoms with Crippen LogP contribution in [0.4, 0.5) is 0 Å². The van der Waals surface area contributed by atoms with E-state index in [2.05, 4.69) is 44.2 Å². The van der Waals surface area contributed by atoms with Gasteiger partial charge in [0.25, 0.3) is 0 Å². The molecule has 1 aromatic rings. The predicted molar refractivity (Wildman–Crippen MR) is 83.5 cm³/mol. The maximum atomic E-state index is 6.18. The maximum absolute atomic E-state index is 6.18. The highest BCUT2D eigenvalue weighted by molar-refractivity contribution is 8.00. The minimum atomic E-state index is 0.257. The molecular formula is C17H23NS. The molecule has 1 aliphatic heterocycles. The van der Waals surface area contributed by atoms with E-state index in [0.29, 0.717) is 10.7 Å². The van der Waals surface area contributed by atoms with Crippen LogP contribution < -0.4 is 5.73 Å². The molecule has 1 heterocycles. The van der Waals surface area contributed by atoms with Crippen LogP contribution in [0.3, 0.4) is 0 Å². The molecule has 0 spiro atoms. The van der Waals surface area contributed by atoms with Crippen LogP contribution in [0.15, 0.2) is 40.8 Å². The van der Waals surface area contributed by atoms with Gasteiger partial charge in [0.2, 0.25) is 0 Å². The molecule has 2 unspecified atom stereocenters. The topological polar surface area (TPSA) is 26.0 Å². The minimum Gasteiger partial charge on any atom is -0.324 e. The average molecular weight is 273 g/mol. The number of rotatable bonds is 2. The molecule has 0 bridgehead atoms. The zero-order valence-corrected chi connectivity index (χ0v) is 12.7. The van der Waals surface area contributed by atoms with E-state index in [1.54, 1.807) is 5.57 Å². The van der Waals surface area contributed by atoms with E-state index in [1.165, 1.54) is 29.7 Å². The Kier molecular flexibility index (Phi) is 3.48. The van der Waals surface area contributed by atoms with Crippen LogP contribution in [0, 0.1) is 5.41 Å². The molecule has 0 amide bonds. The van der Waals surface area contributed by atoms with Gasteiger partial charge in [-0.25, -0.2) is 0 Å². The van der Waals surface area contributed by atoms with E-state index in [9.17, 15) is 0 Å². The molecule has 2 heteroatoms. The fourth-order valence-corrected chi connectivity index (χ4v) is 4.93.